The molecule has 2 aliphatic heterocycles. The highest BCUT2D eigenvalue weighted by atomic mass is 19.1. The molecule has 0 saturated carbocycles. The van der Waals surface area contributed by atoms with E-state index in [1.54, 1.807) is 12.1 Å². The molecular formula is C24H27FN2O2. The van der Waals surface area contributed by atoms with Gasteiger partial charge in [0.1, 0.15) is 5.82 Å². The molecule has 2 heterocycles. The van der Waals surface area contributed by atoms with Gasteiger partial charge >= 0.3 is 0 Å². The van der Waals surface area contributed by atoms with Crippen LogP contribution in [-0.2, 0) is 0 Å². The molecule has 4 rings (SSSR count). The lowest BCUT2D eigenvalue weighted by molar-refractivity contribution is 0.0349. The van der Waals surface area contributed by atoms with E-state index in [2.05, 4.69) is 0 Å². The van der Waals surface area contributed by atoms with Crippen LogP contribution in [-0.4, -0.2) is 47.3 Å². The summed E-state index contributed by atoms with van der Waals surface area (Å²) in [5, 5.41) is 0. The topological polar surface area (TPSA) is 40.6 Å². The highest BCUT2D eigenvalue weighted by Crippen LogP contribution is 2.31. The number of amides is 2. The molecule has 0 spiro atoms. The van der Waals surface area contributed by atoms with Gasteiger partial charge in [0.05, 0.1) is 0 Å². The Kier molecular flexibility index (Phi) is 5.93. The van der Waals surface area contributed by atoms with Crippen molar-refractivity contribution in [3.8, 4) is 0 Å². The van der Waals surface area contributed by atoms with Crippen LogP contribution in [0.3, 0.4) is 0 Å². The summed E-state index contributed by atoms with van der Waals surface area (Å²) in [6.45, 7) is 2.15. The molecule has 0 unspecified atom stereocenters. The number of carbonyl (C=O) groups excluding carboxylic acids is 2. The maximum atomic E-state index is 13.2. The second-order valence-corrected chi connectivity index (χ2v) is 8.09. The van der Waals surface area contributed by atoms with Gasteiger partial charge in [0.2, 0.25) is 0 Å². The first kappa shape index (κ1) is 19.6. The largest absolute Gasteiger partial charge is 0.338 e. The van der Waals surface area contributed by atoms with Crippen molar-refractivity contribution < 1.29 is 14.0 Å². The summed E-state index contributed by atoms with van der Waals surface area (Å²) in [7, 11) is 0. The Morgan fingerprint density at radius 1 is 0.793 bits per heavy atom. The standard InChI is InChI=1S/C24H27FN2O2/c25-21-13-11-19(12-14-21)23(28)26-15-6-9-20(17-26)22-10-4-5-16-27(22)24(29)18-7-2-1-3-8-18/h1-3,7-8,11-14,20,22H,4-6,9-10,15-17H2/t20-,22-/m1/s1. The molecule has 5 heteroatoms. The SMILES string of the molecule is O=C(c1ccc(F)cc1)N1CCC[C@@H]([C@H]2CCCCN2C(=O)c2ccccc2)C1. The number of benzene rings is 2. The molecule has 2 amide bonds. The zero-order valence-corrected chi connectivity index (χ0v) is 16.6. The van der Waals surface area contributed by atoms with Crippen molar-refractivity contribution in [3.05, 3.63) is 71.5 Å². The van der Waals surface area contributed by atoms with Gasteiger partial charge in [0.15, 0.2) is 0 Å². The number of carbonyl (C=O) groups is 2. The summed E-state index contributed by atoms with van der Waals surface area (Å²) in [5.41, 5.74) is 1.25. The molecule has 0 aliphatic carbocycles. The van der Waals surface area contributed by atoms with Crippen molar-refractivity contribution in [3.63, 3.8) is 0 Å². The molecule has 2 saturated heterocycles. The second kappa shape index (κ2) is 8.76. The highest BCUT2D eigenvalue weighted by Gasteiger charge is 2.36. The minimum absolute atomic E-state index is 0.0496. The zero-order chi connectivity index (χ0) is 20.2. The lowest BCUT2D eigenvalue weighted by Crippen LogP contribution is -2.52. The molecule has 2 aromatic rings. The summed E-state index contributed by atoms with van der Waals surface area (Å²) in [6.07, 6.45) is 5.09. The summed E-state index contributed by atoms with van der Waals surface area (Å²) < 4.78 is 13.2. The van der Waals surface area contributed by atoms with E-state index < -0.39 is 0 Å². The zero-order valence-electron chi connectivity index (χ0n) is 16.6. The van der Waals surface area contributed by atoms with E-state index in [9.17, 15) is 14.0 Å². The summed E-state index contributed by atoms with van der Waals surface area (Å²) in [6, 6.07) is 15.4. The lowest BCUT2D eigenvalue weighted by atomic mass is 9.84. The predicted octanol–water partition coefficient (Wildman–Crippen LogP) is 4.37. The Bertz CT molecular complexity index is 853. The fourth-order valence-corrected chi connectivity index (χ4v) is 4.73. The first-order valence-corrected chi connectivity index (χ1v) is 10.5. The third-order valence-corrected chi connectivity index (χ3v) is 6.21. The molecule has 0 bridgehead atoms. The van der Waals surface area contributed by atoms with E-state index in [-0.39, 0.29) is 29.6 Å². The van der Waals surface area contributed by atoms with E-state index in [0.717, 1.165) is 44.2 Å². The fourth-order valence-electron chi connectivity index (χ4n) is 4.73. The van der Waals surface area contributed by atoms with Crippen LogP contribution in [0, 0.1) is 11.7 Å². The van der Waals surface area contributed by atoms with Crippen molar-refractivity contribution in [2.75, 3.05) is 19.6 Å². The third kappa shape index (κ3) is 4.34. The quantitative estimate of drug-likeness (QED) is 0.776. The van der Waals surface area contributed by atoms with Crippen LogP contribution in [0.2, 0.25) is 0 Å². The Hall–Kier alpha value is -2.69. The average molecular weight is 394 g/mol. The van der Waals surface area contributed by atoms with Gasteiger partial charge in [-0.1, -0.05) is 18.2 Å². The van der Waals surface area contributed by atoms with Gasteiger partial charge < -0.3 is 9.80 Å². The predicted molar refractivity (Wildman–Crippen MR) is 110 cm³/mol. The van der Waals surface area contributed by atoms with E-state index in [1.807, 2.05) is 40.1 Å². The fraction of sp³-hybridized carbons (Fsp3) is 0.417. The summed E-state index contributed by atoms with van der Waals surface area (Å²) in [5.74, 6) is -0.0137. The second-order valence-electron chi connectivity index (χ2n) is 8.09. The first-order chi connectivity index (χ1) is 14.1. The number of piperidine rings is 2. The molecule has 2 atom stereocenters. The Balaban J connectivity index is 1.49. The minimum atomic E-state index is -0.338. The van der Waals surface area contributed by atoms with Gasteiger partial charge in [-0.15, -0.1) is 0 Å². The van der Waals surface area contributed by atoms with Crippen LogP contribution >= 0.6 is 0 Å². The van der Waals surface area contributed by atoms with E-state index in [1.165, 1.54) is 12.1 Å². The van der Waals surface area contributed by atoms with Crippen LogP contribution < -0.4 is 0 Å². The lowest BCUT2D eigenvalue weighted by Gasteiger charge is -2.44. The van der Waals surface area contributed by atoms with E-state index in [0.29, 0.717) is 18.7 Å². The number of rotatable bonds is 3. The maximum Gasteiger partial charge on any atom is 0.254 e. The maximum absolute atomic E-state index is 13.2. The van der Waals surface area contributed by atoms with Gasteiger partial charge in [-0.05, 0) is 74.4 Å². The summed E-state index contributed by atoms with van der Waals surface area (Å²) >= 11 is 0. The monoisotopic (exact) mass is 394 g/mol. The molecule has 29 heavy (non-hydrogen) atoms. The van der Waals surface area contributed by atoms with Crippen molar-refractivity contribution in [1.82, 2.24) is 9.80 Å². The number of hydrogen-bond acceptors (Lipinski definition) is 2. The number of nitrogens with zero attached hydrogens (tertiary/aromatic N) is 2. The third-order valence-electron chi connectivity index (χ3n) is 6.21. The van der Waals surface area contributed by atoms with Gasteiger partial charge in [0.25, 0.3) is 11.8 Å². The number of halogens is 1. The Morgan fingerprint density at radius 2 is 1.52 bits per heavy atom. The summed E-state index contributed by atoms with van der Waals surface area (Å²) in [4.78, 5) is 29.9. The van der Waals surface area contributed by atoms with Gasteiger partial charge in [-0.2, -0.15) is 0 Å². The molecule has 4 nitrogen and oxygen atoms in total. The molecule has 2 aliphatic rings. The Labute approximate surface area is 171 Å². The van der Waals surface area contributed by atoms with Crippen molar-refractivity contribution in [2.45, 2.75) is 38.1 Å². The van der Waals surface area contributed by atoms with Crippen LogP contribution in [0.1, 0.15) is 52.8 Å². The van der Waals surface area contributed by atoms with Gasteiger partial charge in [-0.3, -0.25) is 9.59 Å². The van der Waals surface area contributed by atoms with E-state index in [4.69, 9.17) is 0 Å². The molecular weight excluding hydrogens is 367 g/mol. The Morgan fingerprint density at radius 3 is 2.28 bits per heavy atom. The smallest absolute Gasteiger partial charge is 0.254 e. The number of likely N-dealkylation sites (tertiary alicyclic amines) is 2. The molecule has 0 radical (unpaired) electrons. The molecule has 152 valence electrons. The normalized spacial score (nSPS) is 22.4. The van der Waals surface area contributed by atoms with Crippen LogP contribution in [0.4, 0.5) is 4.39 Å². The molecule has 2 fully saturated rings. The van der Waals surface area contributed by atoms with Crippen molar-refractivity contribution in [2.24, 2.45) is 5.92 Å². The highest BCUT2D eigenvalue weighted by molar-refractivity contribution is 5.95. The minimum Gasteiger partial charge on any atom is -0.338 e. The number of hydrogen-bond donors (Lipinski definition) is 0. The van der Waals surface area contributed by atoms with Crippen molar-refractivity contribution >= 4 is 11.8 Å². The van der Waals surface area contributed by atoms with Gasteiger partial charge in [0, 0.05) is 36.8 Å². The van der Waals surface area contributed by atoms with E-state index >= 15 is 0 Å². The van der Waals surface area contributed by atoms with Gasteiger partial charge in [-0.25, -0.2) is 4.39 Å². The first-order valence-electron chi connectivity index (χ1n) is 10.5. The van der Waals surface area contributed by atoms with Crippen LogP contribution in [0.5, 0.6) is 0 Å². The molecule has 0 aromatic heterocycles. The average Bonchev–Trinajstić information content (AvgIpc) is 2.79. The molecule has 2 aromatic carbocycles. The van der Waals surface area contributed by atoms with Crippen LogP contribution in [0.15, 0.2) is 54.6 Å². The van der Waals surface area contributed by atoms with Crippen LogP contribution in [0.25, 0.3) is 0 Å². The van der Waals surface area contributed by atoms with Crippen molar-refractivity contribution in [1.29, 1.82) is 0 Å². The molecule has 0 N–H and O–H groups in total.